The number of thiophene rings is 1. The van der Waals surface area contributed by atoms with Gasteiger partial charge in [0.1, 0.15) is 5.75 Å². The van der Waals surface area contributed by atoms with Gasteiger partial charge >= 0.3 is 0 Å². The molecule has 0 bridgehead atoms. The number of anilines is 2. The van der Waals surface area contributed by atoms with Crippen LogP contribution in [0.3, 0.4) is 0 Å². The van der Waals surface area contributed by atoms with E-state index in [1.54, 1.807) is 23.2 Å². The molecule has 0 aliphatic carbocycles. The molecule has 7 nitrogen and oxygen atoms in total. The first-order chi connectivity index (χ1) is 14.1. The molecule has 1 aromatic carbocycles. The second-order valence-electron chi connectivity index (χ2n) is 7.19. The number of hydrogen-bond donors (Lipinski definition) is 1. The van der Waals surface area contributed by atoms with Crippen LogP contribution in [0.15, 0.2) is 35.7 Å². The molecular formula is C21H25N3O4S. The summed E-state index contributed by atoms with van der Waals surface area (Å²) in [6.07, 6.45) is -0.187. The maximum Gasteiger partial charge on any atom is 0.267 e. The summed E-state index contributed by atoms with van der Waals surface area (Å²) in [4.78, 5) is 30.2. The van der Waals surface area contributed by atoms with Crippen molar-refractivity contribution in [1.29, 1.82) is 0 Å². The topological polar surface area (TPSA) is 71.1 Å². The van der Waals surface area contributed by atoms with Crippen molar-refractivity contribution < 1.29 is 19.1 Å². The molecule has 3 heterocycles. The molecule has 0 saturated carbocycles. The van der Waals surface area contributed by atoms with Gasteiger partial charge in [0.2, 0.25) is 5.91 Å². The Morgan fingerprint density at radius 2 is 2.07 bits per heavy atom. The average molecular weight is 416 g/mol. The van der Waals surface area contributed by atoms with E-state index in [0.29, 0.717) is 30.1 Å². The summed E-state index contributed by atoms with van der Waals surface area (Å²) in [7, 11) is 0. The van der Waals surface area contributed by atoms with Crippen molar-refractivity contribution in [2.45, 2.75) is 19.4 Å². The van der Waals surface area contributed by atoms with Crippen LogP contribution in [0.2, 0.25) is 0 Å². The highest BCUT2D eigenvalue weighted by molar-refractivity contribution is 7.10. The number of ether oxygens (including phenoxy) is 2. The Morgan fingerprint density at radius 1 is 1.24 bits per heavy atom. The molecule has 1 fully saturated rings. The molecule has 1 N–H and O–H groups in total. The van der Waals surface area contributed by atoms with Crippen molar-refractivity contribution in [3.63, 3.8) is 0 Å². The van der Waals surface area contributed by atoms with Crippen LogP contribution in [0, 0.1) is 0 Å². The first kappa shape index (κ1) is 19.9. The lowest BCUT2D eigenvalue weighted by atomic mass is 10.1. The third-order valence-corrected chi connectivity index (χ3v) is 5.99. The molecule has 1 saturated heterocycles. The van der Waals surface area contributed by atoms with Gasteiger partial charge < -0.3 is 19.7 Å². The van der Waals surface area contributed by atoms with Gasteiger partial charge in [0.25, 0.3) is 5.91 Å². The number of carbonyl (C=O) groups excluding carboxylic acids is 2. The summed E-state index contributed by atoms with van der Waals surface area (Å²) in [6.45, 7) is 6.32. The predicted molar refractivity (Wildman–Crippen MR) is 113 cm³/mol. The molecule has 4 rings (SSSR count). The molecule has 2 aliphatic rings. The predicted octanol–water partition coefficient (Wildman–Crippen LogP) is 2.38. The Bertz CT molecular complexity index is 865. The lowest BCUT2D eigenvalue weighted by molar-refractivity contribution is -0.125. The number of benzene rings is 1. The van der Waals surface area contributed by atoms with Gasteiger partial charge in [0.05, 0.1) is 25.3 Å². The van der Waals surface area contributed by atoms with E-state index in [0.717, 1.165) is 37.7 Å². The van der Waals surface area contributed by atoms with Crippen LogP contribution >= 0.6 is 11.3 Å². The third kappa shape index (κ3) is 4.77. The third-order valence-electron chi connectivity index (χ3n) is 5.11. The molecule has 2 amide bonds. The van der Waals surface area contributed by atoms with E-state index < -0.39 is 6.10 Å². The van der Waals surface area contributed by atoms with Gasteiger partial charge in [0.15, 0.2) is 6.10 Å². The Morgan fingerprint density at radius 3 is 2.83 bits per heavy atom. The highest BCUT2D eigenvalue weighted by atomic mass is 32.1. The zero-order chi connectivity index (χ0) is 20.2. The van der Waals surface area contributed by atoms with E-state index in [-0.39, 0.29) is 11.8 Å². The van der Waals surface area contributed by atoms with Crippen LogP contribution in [0.4, 0.5) is 11.4 Å². The number of carbonyl (C=O) groups is 2. The zero-order valence-electron chi connectivity index (χ0n) is 16.4. The van der Waals surface area contributed by atoms with Crippen molar-refractivity contribution in [3.8, 4) is 5.75 Å². The molecule has 0 spiro atoms. The highest BCUT2D eigenvalue weighted by Crippen LogP contribution is 2.36. The van der Waals surface area contributed by atoms with Crippen molar-refractivity contribution in [3.05, 3.63) is 40.6 Å². The fourth-order valence-electron chi connectivity index (χ4n) is 3.56. The fraction of sp³-hybridized carbons (Fsp3) is 0.429. The Kier molecular flexibility index (Phi) is 6.13. The number of hydrogen-bond acceptors (Lipinski definition) is 6. The maximum absolute atomic E-state index is 12.8. The summed E-state index contributed by atoms with van der Waals surface area (Å²) in [5.74, 6) is 0.520. The van der Waals surface area contributed by atoms with Crippen molar-refractivity contribution >= 4 is 34.5 Å². The van der Waals surface area contributed by atoms with Crippen LogP contribution in [0.1, 0.15) is 11.8 Å². The van der Waals surface area contributed by atoms with E-state index in [4.69, 9.17) is 9.47 Å². The molecule has 1 atom stereocenters. The van der Waals surface area contributed by atoms with Crippen LogP contribution in [-0.4, -0.2) is 62.2 Å². The van der Waals surface area contributed by atoms with Crippen molar-refractivity contribution in [2.75, 3.05) is 49.6 Å². The lowest BCUT2D eigenvalue weighted by Gasteiger charge is -2.35. The highest BCUT2D eigenvalue weighted by Gasteiger charge is 2.32. The Hall–Kier alpha value is -2.42. The summed E-state index contributed by atoms with van der Waals surface area (Å²) in [5.41, 5.74) is 1.36. The second kappa shape index (κ2) is 8.94. The smallest absolute Gasteiger partial charge is 0.267 e. The van der Waals surface area contributed by atoms with Crippen LogP contribution in [-0.2, 0) is 20.7 Å². The summed E-state index contributed by atoms with van der Waals surface area (Å²) in [5, 5.41) is 4.89. The van der Waals surface area contributed by atoms with Gasteiger partial charge in [-0.25, -0.2) is 0 Å². The zero-order valence-corrected chi connectivity index (χ0v) is 17.2. The minimum absolute atomic E-state index is 0.0622. The number of fused-ring (bicyclic) bond motifs is 1. The molecule has 154 valence electrons. The first-order valence-electron chi connectivity index (χ1n) is 9.84. The Labute approximate surface area is 174 Å². The van der Waals surface area contributed by atoms with Gasteiger partial charge in [-0.2, -0.15) is 0 Å². The van der Waals surface area contributed by atoms with Gasteiger partial charge in [0, 0.05) is 36.7 Å². The molecular weight excluding hydrogens is 390 g/mol. The molecule has 8 heteroatoms. The number of morpholine rings is 1. The standard InChI is InChI=1S/C21H25N3O4S/c1-15-21(26)24(7-6-23-8-10-27-11-9-23)18-13-16(4-5-19(18)28-15)22-20(25)14-17-3-2-12-29-17/h2-5,12-13,15H,6-11,14H2,1H3,(H,22,25). The van der Waals surface area contributed by atoms with Crippen molar-refractivity contribution in [2.24, 2.45) is 0 Å². The quantitative estimate of drug-likeness (QED) is 0.784. The van der Waals surface area contributed by atoms with E-state index in [1.807, 2.05) is 35.7 Å². The van der Waals surface area contributed by atoms with E-state index in [2.05, 4.69) is 10.2 Å². The minimum atomic E-state index is -0.522. The molecule has 2 aliphatic heterocycles. The van der Waals surface area contributed by atoms with E-state index in [9.17, 15) is 9.59 Å². The lowest BCUT2D eigenvalue weighted by Crippen LogP contribution is -2.48. The first-order valence-corrected chi connectivity index (χ1v) is 10.7. The van der Waals surface area contributed by atoms with Gasteiger partial charge in [-0.05, 0) is 36.6 Å². The van der Waals surface area contributed by atoms with Crippen molar-refractivity contribution in [1.82, 2.24) is 4.90 Å². The van der Waals surface area contributed by atoms with Crippen LogP contribution in [0.5, 0.6) is 5.75 Å². The molecule has 2 aromatic rings. The average Bonchev–Trinajstić information content (AvgIpc) is 3.22. The Balaban J connectivity index is 1.48. The normalized spacial score (nSPS) is 19.6. The molecule has 1 aromatic heterocycles. The molecule has 1 unspecified atom stereocenters. The summed E-state index contributed by atoms with van der Waals surface area (Å²) >= 11 is 1.56. The SMILES string of the molecule is CC1Oc2ccc(NC(=O)Cc3cccs3)cc2N(CCN2CCOCC2)C1=O. The van der Waals surface area contributed by atoms with Crippen LogP contribution < -0.4 is 15.0 Å². The fourth-order valence-corrected chi connectivity index (χ4v) is 4.26. The monoisotopic (exact) mass is 415 g/mol. The second-order valence-corrected chi connectivity index (χ2v) is 8.22. The van der Waals surface area contributed by atoms with E-state index >= 15 is 0 Å². The largest absolute Gasteiger partial charge is 0.479 e. The van der Waals surface area contributed by atoms with Gasteiger partial charge in [-0.3, -0.25) is 14.5 Å². The van der Waals surface area contributed by atoms with Crippen LogP contribution in [0.25, 0.3) is 0 Å². The summed E-state index contributed by atoms with van der Waals surface area (Å²) in [6, 6.07) is 9.33. The van der Waals surface area contributed by atoms with Gasteiger partial charge in [-0.1, -0.05) is 6.07 Å². The molecule has 29 heavy (non-hydrogen) atoms. The minimum Gasteiger partial charge on any atom is -0.479 e. The molecule has 0 radical (unpaired) electrons. The number of nitrogens with zero attached hydrogens (tertiary/aromatic N) is 2. The number of rotatable bonds is 6. The summed E-state index contributed by atoms with van der Waals surface area (Å²) < 4.78 is 11.2. The maximum atomic E-state index is 12.8. The van der Waals surface area contributed by atoms with E-state index in [1.165, 1.54) is 0 Å². The van der Waals surface area contributed by atoms with Gasteiger partial charge in [-0.15, -0.1) is 11.3 Å². The number of amides is 2. The number of nitrogens with one attached hydrogen (secondary N) is 1.